The van der Waals surface area contributed by atoms with E-state index in [1.165, 1.54) is 58.3 Å². The summed E-state index contributed by atoms with van der Waals surface area (Å²) in [5.74, 6) is 0. The van der Waals surface area contributed by atoms with Crippen LogP contribution in [0, 0.1) is 0 Å². The second-order valence-corrected chi connectivity index (χ2v) is 19.8. The van der Waals surface area contributed by atoms with Gasteiger partial charge in [-0.25, -0.2) is 0 Å². The second kappa shape index (κ2) is 13.2. The molecule has 0 unspecified atom stereocenters. The number of hydrogen-bond acceptors (Lipinski definition) is 2. The van der Waals surface area contributed by atoms with E-state index in [-0.39, 0.29) is 0 Å². The van der Waals surface area contributed by atoms with Gasteiger partial charge in [-0.1, -0.05) is 0 Å². The molecule has 0 aromatic carbocycles. The van der Waals surface area contributed by atoms with Gasteiger partial charge in [-0.2, -0.15) is 0 Å². The predicted octanol–water partition coefficient (Wildman–Crippen LogP) is 6.60. The van der Waals surface area contributed by atoms with E-state index in [9.17, 15) is 0 Å². The Kier molecular flexibility index (Phi) is 12.0. The number of hydrogen-bond donors (Lipinski definition) is 0. The van der Waals surface area contributed by atoms with Gasteiger partial charge >= 0.3 is 119 Å². The van der Waals surface area contributed by atoms with E-state index in [1.54, 1.807) is 10.0 Å². The zero-order valence-corrected chi connectivity index (χ0v) is 18.6. The molecule has 0 amide bonds. The van der Waals surface area contributed by atoms with E-state index in [2.05, 4.69) is 26.8 Å². The maximum atomic E-state index is 6.06. The molecule has 134 valence electrons. The van der Waals surface area contributed by atoms with E-state index in [0.717, 1.165) is 19.6 Å². The molecule has 23 heavy (non-hydrogen) atoms. The Hall–Kier alpha value is -0.121. The summed E-state index contributed by atoms with van der Waals surface area (Å²) in [5.41, 5.74) is 0. The minimum absolute atomic E-state index is 0.889. The van der Waals surface area contributed by atoms with Crippen LogP contribution in [0.5, 0.6) is 0 Å². The van der Waals surface area contributed by atoms with Crippen molar-refractivity contribution >= 4 is 18.4 Å². The van der Waals surface area contributed by atoms with Crippen LogP contribution >= 0.6 is 0 Å². The van der Waals surface area contributed by atoms with Gasteiger partial charge in [-0.3, -0.25) is 0 Å². The summed E-state index contributed by atoms with van der Waals surface area (Å²) in [5, 5.41) is 0. The summed E-state index contributed by atoms with van der Waals surface area (Å²) >= 11 is -2.14. The van der Waals surface area contributed by atoms with Crippen molar-refractivity contribution in [1.82, 2.24) is 0 Å². The van der Waals surface area contributed by atoms with Crippen LogP contribution in [0.15, 0.2) is 22.2 Å². The van der Waals surface area contributed by atoms with Crippen LogP contribution in [0.1, 0.15) is 72.1 Å². The molecule has 0 N–H and O–H groups in total. The average Bonchev–Trinajstić information content (AvgIpc) is 3.30. The van der Waals surface area contributed by atoms with Gasteiger partial charge in [0, 0.05) is 6.42 Å². The first kappa shape index (κ1) is 20.9. The Bertz CT molecular complexity index is 322. The molecule has 2 heterocycles. The SMILES string of the molecule is C1=COCC1.CCC[CH2][Sn]([CH2]CCC)([CH2]CCC)[C]1=CCCO1. The predicted molar refractivity (Wildman–Crippen MR) is 103 cm³/mol. The van der Waals surface area contributed by atoms with Gasteiger partial charge in [0.1, 0.15) is 0 Å². The van der Waals surface area contributed by atoms with Crippen LogP contribution in [0.2, 0.25) is 13.3 Å². The van der Waals surface area contributed by atoms with Gasteiger partial charge in [0.2, 0.25) is 0 Å². The van der Waals surface area contributed by atoms with Crippen molar-refractivity contribution in [2.75, 3.05) is 13.2 Å². The van der Waals surface area contributed by atoms with E-state index in [1.807, 2.05) is 6.08 Å². The standard InChI is InChI=1S/C4H6O.C4H5O.3C4H9.Sn/c2*1-2-4-5-3-1;3*1-3-4-2;/h1,3H,2,4H2;1H,2,4H2;3*1,3-4H2,2H3;. The normalized spacial score (nSPS) is 16.4. The summed E-state index contributed by atoms with van der Waals surface area (Å²) < 4.78 is 17.0. The Balaban J connectivity index is 0.000000446. The zero-order chi connectivity index (χ0) is 16.8. The zero-order valence-electron chi connectivity index (χ0n) is 15.7. The molecule has 0 radical (unpaired) electrons. The number of unbranched alkanes of at least 4 members (excludes halogenated alkanes) is 3. The van der Waals surface area contributed by atoms with Crippen LogP contribution in [0.4, 0.5) is 0 Å². The van der Waals surface area contributed by atoms with E-state index < -0.39 is 18.4 Å². The molecule has 0 aliphatic carbocycles. The number of ether oxygens (including phenoxy) is 2. The Morgan fingerprint density at radius 3 is 1.78 bits per heavy atom. The molecule has 0 saturated heterocycles. The number of rotatable bonds is 10. The van der Waals surface area contributed by atoms with Gasteiger partial charge in [0.15, 0.2) is 0 Å². The summed E-state index contributed by atoms with van der Waals surface area (Å²) in [4.78, 5) is 0. The third kappa shape index (κ3) is 8.00. The average molecular weight is 429 g/mol. The summed E-state index contributed by atoms with van der Waals surface area (Å²) in [6.45, 7) is 8.86. The Labute approximate surface area is 148 Å². The van der Waals surface area contributed by atoms with Crippen LogP contribution in [0.3, 0.4) is 0 Å². The molecule has 2 aliphatic rings. The second-order valence-electron chi connectivity index (χ2n) is 6.83. The first-order valence-electron chi connectivity index (χ1n) is 9.89. The molecular weight excluding hydrogens is 391 g/mol. The van der Waals surface area contributed by atoms with Crippen LogP contribution in [-0.4, -0.2) is 31.6 Å². The maximum absolute atomic E-state index is 6.06. The molecule has 0 aromatic rings. The molecule has 2 rings (SSSR count). The van der Waals surface area contributed by atoms with Crippen LogP contribution in [0.25, 0.3) is 0 Å². The molecule has 2 nitrogen and oxygen atoms in total. The summed E-state index contributed by atoms with van der Waals surface area (Å²) in [7, 11) is 0. The van der Waals surface area contributed by atoms with Crippen LogP contribution in [-0.2, 0) is 9.47 Å². The molecule has 0 atom stereocenters. The first-order valence-corrected chi connectivity index (χ1v) is 17.4. The monoisotopic (exact) mass is 430 g/mol. The summed E-state index contributed by atoms with van der Waals surface area (Å²) in [6.07, 6.45) is 16.9. The third-order valence-electron chi connectivity index (χ3n) is 4.85. The van der Waals surface area contributed by atoms with E-state index in [4.69, 9.17) is 9.47 Å². The van der Waals surface area contributed by atoms with Crippen molar-refractivity contribution in [2.24, 2.45) is 0 Å². The van der Waals surface area contributed by atoms with Crippen molar-refractivity contribution in [3.63, 3.8) is 0 Å². The minimum atomic E-state index is -2.14. The van der Waals surface area contributed by atoms with Gasteiger partial charge in [-0.05, 0) is 6.08 Å². The van der Waals surface area contributed by atoms with Crippen molar-refractivity contribution in [3.8, 4) is 0 Å². The van der Waals surface area contributed by atoms with Crippen molar-refractivity contribution in [2.45, 2.75) is 85.4 Å². The van der Waals surface area contributed by atoms with Gasteiger partial charge in [0.05, 0.1) is 12.9 Å². The van der Waals surface area contributed by atoms with Crippen LogP contribution < -0.4 is 0 Å². The molecule has 0 fully saturated rings. The Morgan fingerprint density at radius 2 is 1.48 bits per heavy atom. The first-order chi connectivity index (χ1) is 11.3. The molecule has 0 aromatic heterocycles. The topological polar surface area (TPSA) is 18.5 Å². The van der Waals surface area contributed by atoms with E-state index in [0.29, 0.717) is 0 Å². The summed E-state index contributed by atoms with van der Waals surface area (Å²) in [6, 6.07) is 0. The molecule has 2 aliphatic heterocycles. The Morgan fingerprint density at radius 1 is 0.870 bits per heavy atom. The molecule has 0 saturated carbocycles. The molecule has 0 spiro atoms. The fourth-order valence-electron chi connectivity index (χ4n) is 3.42. The van der Waals surface area contributed by atoms with Gasteiger partial charge < -0.3 is 4.74 Å². The fourth-order valence-corrected chi connectivity index (χ4v) is 19.3. The molecule has 3 heteroatoms. The quantitative estimate of drug-likeness (QED) is 0.365. The van der Waals surface area contributed by atoms with Crippen molar-refractivity contribution < 1.29 is 9.47 Å². The van der Waals surface area contributed by atoms with Crippen molar-refractivity contribution in [3.05, 3.63) is 22.2 Å². The van der Waals surface area contributed by atoms with Gasteiger partial charge in [0.25, 0.3) is 0 Å². The fraction of sp³-hybridized carbons (Fsp3) is 0.800. The van der Waals surface area contributed by atoms with Gasteiger partial charge in [-0.15, -0.1) is 0 Å². The molecule has 0 bridgehead atoms. The molecular formula is C20H38O2Sn. The third-order valence-corrected chi connectivity index (χ3v) is 20.0. The van der Waals surface area contributed by atoms with E-state index >= 15 is 0 Å². The van der Waals surface area contributed by atoms with Crippen molar-refractivity contribution in [1.29, 1.82) is 0 Å².